The first kappa shape index (κ1) is 40.5. The average molecular weight is 919 g/mol. The van der Waals surface area contributed by atoms with E-state index >= 15 is 0 Å². The van der Waals surface area contributed by atoms with E-state index in [1.165, 1.54) is 110 Å². The Balaban J connectivity index is 0.995. The summed E-state index contributed by atoms with van der Waals surface area (Å²) in [6.45, 7) is 4.42. The third kappa shape index (κ3) is 5.93. The van der Waals surface area contributed by atoms with Gasteiger partial charge in [0.15, 0.2) is 0 Å². The quantitative estimate of drug-likeness (QED) is 0.151. The highest BCUT2D eigenvalue weighted by molar-refractivity contribution is 6.32. The number of anilines is 6. The van der Waals surface area contributed by atoms with Crippen LogP contribution in [-0.4, -0.2) is 8.80 Å². The first-order valence-corrected chi connectivity index (χ1v) is 24.9. The van der Waals surface area contributed by atoms with Gasteiger partial charge in [-0.1, -0.05) is 158 Å². The Labute approximate surface area is 416 Å². The van der Waals surface area contributed by atoms with Gasteiger partial charge in [0.1, 0.15) is 0 Å². The monoisotopic (exact) mass is 918 g/mol. The van der Waals surface area contributed by atoms with Crippen molar-refractivity contribution in [2.24, 2.45) is 0 Å². The fourth-order valence-electron chi connectivity index (χ4n) is 12.2. The van der Waals surface area contributed by atoms with Gasteiger partial charge in [0.2, 0.25) is 0 Å². The molecule has 0 bridgehead atoms. The predicted octanol–water partition coefficient (Wildman–Crippen LogP) is 18.9. The lowest BCUT2D eigenvalue weighted by atomic mass is 10.00. The van der Waals surface area contributed by atoms with E-state index in [1.54, 1.807) is 0 Å². The molecule has 338 valence electrons. The van der Waals surface area contributed by atoms with Gasteiger partial charge in [-0.2, -0.15) is 0 Å². The third-order valence-electron chi connectivity index (χ3n) is 15.1. The van der Waals surface area contributed by atoms with E-state index in [0.29, 0.717) is 0 Å². The second-order valence-corrected chi connectivity index (χ2v) is 19.5. The van der Waals surface area contributed by atoms with Crippen LogP contribution in [0.5, 0.6) is 0 Å². The van der Waals surface area contributed by atoms with Crippen LogP contribution in [-0.2, 0) is 0 Å². The van der Waals surface area contributed by atoms with Gasteiger partial charge in [-0.3, -0.25) is 0 Å². The molecule has 0 aliphatic heterocycles. The number of hydrogen-bond acceptors (Lipinski definition) is 2. The number of hydrogen-bond donors (Lipinski definition) is 0. The van der Waals surface area contributed by atoms with Gasteiger partial charge in [-0.15, -0.1) is 0 Å². The van der Waals surface area contributed by atoms with Crippen LogP contribution in [0.3, 0.4) is 0 Å². The first-order chi connectivity index (χ1) is 35.6. The molecule has 0 amide bonds. The molecular weight excluding hydrogens is 873 g/mol. The number of rotatable bonds is 8. The number of para-hydroxylation sites is 4. The number of benzene rings is 11. The molecule has 4 nitrogen and oxygen atoms in total. The van der Waals surface area contributed by atoms with Crippen molar-refractivity contribution in [2.75, 3.05) is 9.80 Å². The van der Waals surface area contributed by atoms with Crippen molar-refractivity contribution >= 4 is 110 Å². The fourth-order valence-corrected chi connectivity index (χ4v) is 12.2. The Morgan fingerprint density at radius 3 is 1.06 bits per heavy atom. The molecule has 0 saturated heterocycles. The molecule has 11 aromatic carbocycles. The Hall–Kier alpha value is -9.38. The Morgan fingerprint density at radius 2 is 0.639 bits per heavy atom. The Morgan fingerprint density at radius 1 is 0.264 bits per heavy atom. The zero-order valence-corrected chi connectivity index (χ0v) is 39.9. The second kappa shape index (κ2) is 15.6. The minimum Gasteiger partial charge on any atom is -0.310 e. The van der Waals surface area contributed by atoms with E-state index in [1.807, 2.05) is 0 Å². The van der Waals surface area contributed by atoms with Crippen molar-refractivity contribution < 1.29 is 0 Å². The van der Waals surface area contributed by atoms with Gasteiger partial charge in [-0.25, -0.2) is 0 Å². The lowest BCUT2D eigenvalue weighted by molar-refractivity contribution is 1.28. The Bertz CT molecular complexity index is 4280. The van der Waals surface area contributed by atoms with Crippen LogP contribution in [0.1, 0.15) is 11.1 Å². The lowest BCUT2D eigenvalue weighted by Crippen LogP contribution is -2.10. The zero-order chi connectivity index (χ0) is 47.6. The second-order valence-electron chi connectivity index (χ2n) is 19.5. The van der Waals surface area contributed by atoms with Crippen molar-refractivity contribution in [1.82, 2.24) is 8.80 Å². The summed E-state index contributed by atoms with van der Waals surface area (Å²) in [5, 5.41) is 9.97. The SMILES string of the molecule is Cc1cc(-c2ccccc2)cc(N(c2ccccc2)c2ccc3c4cc5c(cc4n4c6ccccc6c2c34)c2ccc(N(c3ccccc3)c3cc(C)cc(-c4ccccc4)c3)c3c4ccccc4n5c23)c1. The lowest BCUT2D eigenvalue weighted by Gasteiger charge is -2.27. The van der Waals surface area contributed by atoms with E-state index < -0.39 is 0 Å². The molecule has 15 rings (SSSR count). The van der Waals surface area contributed by atoms with E-state index in [4.69, 9.17) is 0 Å². The standard InChI is InChI=1S/C68H46N4/c1-43-35-47(45-19-7-3-8-20-45)39-51(37-43)69(49-23-11-5-12-24-49)61-33-31-53-57-41-64-58(42-63(57)71-59-29-17-15-27-55(59)65(61)67(53)71)54-32-34-62(66-56-28-16-18-30-60(56)72(64)68(54)66)70(50-25-13-6-14-26-50)52-38-44(2)36-48(40-52)46-21-9-4-10-22-46/h3-42H,1-2H3. The van der Waals surface area contributed by atoms with Gasteiger partial charge < -0.3 is 18.6 Å². The molecule has 4 heteroatoms. The molecule has 0 spiro atoms. The summed E-state index contributed by atoms with van der Waals surface area (Å²) in [6.07, 6.45) is 0. The third-order valence-corrected chi connectivity index (χ3v) is 15.1. The molecule has 0 N–H and O–H groups in total. The van der Waals surface area contributed by atoms with Crippen LogP contribution < -0.4 is 9.80 Å². The molecule has 72 heavy (non-hydrogen) atoms. The molecule has 15 aromatic rings. The highest BCUT2D eigenvalue weighted by atomic mass is 15.2. The molecule has 0 radical (unpaired) electrons. The number of fused-ring (bicyclic) bond motifs is 12. The smallest absolute Gasteiger partial charge is 0.0641 e. The summed E-state index contributed by atoms with van der Waals surface area (Å²) in [5.41, 5.74) is 21.4. The van der Waals surface area contributed by atoms with Crippen molar-refractivity contribution in [3.05, 3.63) is 254 Å². The normalized spacial score (nSPS) is 12.0. The van der Waals surface area contributed by atoms with E-state index in [0.717, 1.165) is 34.1 Å². The van der Waals surface area contributed by atoms with Crippen molar-refractivity contribution in [2.45, 2.75) is 13.8 Å². The maximum Gasteiger partial charge on any atom is 0.0641 e. The molecule has 0 fully saturated rings. The van der Waals surface area contributed by atoms with E-state index in [9.17, 15) is 0 Å². The highest BCUT2D eigenvalue weighted by Gasteiger charge is 2.28. The van der Waals surface area contributed by atoms with Gasteiger partial charge in [-0.05, 0) is 132 Å². The summed E-state index contributed by atoms with van der Waals surface area (Å²) < 4.78 is 5.09. The summed E-state index contributed by atoms with van der Waals surface area (Å²) in [5.74, 6) is 0. The number of aryl methyl sites for hydroxylation is 2. The first-order valence-electron chi connectivity index (χ1n) is 24.9. The van der Waals surface area contributed by atoms with Gasteiger partial charge >= 0.3 is 0 Å². The molecule has 0 atom stereocenters. The van der Waals surface area contributed by atoms with E-state index in [2.05, 4.69) is 275 Å². The largest absolute Gasteiger partial charge is 0.310 e. The van der Waals surface area contributed by atoms with Gasteiger partial charge in [0, 0.05) is 65.8 Å². The number of aromatic nitrogens is 2. The van der Waals surface area contributed by atoms with Gasteiger partial charge in [0.25, 0.3) is 0 Å². The average Bonchev–Trinajstić information content (AvgIpc) is 4.16. The van der Waals surface area contributed by atoms with Crippen molar-refractivity contribution in [3.63, 3.8) is 0 Å². The van der Waals surface area contributed by atoms with Gasteiger partial charge in [0.05, 0.1) is 44.5 Å². The maximum absolute atomic E-state index is 2.55. The summed E-state index contributed by atoms with van der Waals surface area (Å²) in [6, 6.07) is 89.5. The van der Waals surface area contributed by atoms with Crippen molar-refractivity contribution in [1.29, 1.82) is 0 Å². The molecule has 0 unspecified atom stereocenters. The van der Waals surface area contributed by atoms with Crippen LogP contribution in [0.15, 0.2) is 243 Å². The fraction of sp³-hybridized carbons (Fsp3) is 0.0294. The summed E-state index contributed by atoms with van der Waals surface area (Å²) in [4.78, 5) is 4.93. The minimum absolute atomic E-state index is 1.12. The van der Waals surface area contributed by atoms with Crippen LogP contribution >= 0.6 is 0 Å². The van der Waals surface area contributed by atoms with Crippen LogP contribution in [0.4, 0.5) is 34.1 Å². The zero-order valence-electron chi connectivity index (χ0n) is 39.9. The molecule has 0 aliphatic rings. The molecule has 0 saturated carbocycles. The molecular formula is C68H46N4. The maximum atomic E-state index is 2.55. The van der Waals surface area contributed by atoms with Crippen LogP contribution in [0.25, 0.3) is 98.4 Å². The summed E-state index contributed by atoms with van der Waals surface area (Å²) in [7, 11) is 0. The predicted molar refractivity (Wildman–Crippen MR) is 305 cm³/mol. The van der Waals surface area contributed by atoms with E-state index in [-0.39, 0.29) is 0 Å². The molecule has 4 heterocycles. The highest BCUT2D eigenvalue weighted by Crippen LogP contribution is 2.52. The minimum atomic E-state index is 1.12. The topological polar surface area (TPSA) is 15.3 Å². The molecule has 4 aromatic heterocycles. The van der Waals surface area contributed by atoms with Crippen LogP contribution in [0.2, 0.25) is 0 Å². The van der Waals surface area contributed by atoms with Crippen molar-refractivity contribution in [3.8, 4) is 22.3 Å². The molecule has 0 aliphatic carbocycles. The summed E-state index contributed by atoms with van der Waals surface area (Å²) >= 11 is 0. The van der Waals surface area contributed by atoms with Crippen LogP contribution in [0, 0.1) is 13.8 Å². The Kier molecular flexibility index (Phi) is 8.75. The number of nitrogens with zero attached hydrogens (tertiary/aromatic N) is 4.